The number of carbonyl (C=O) groups is 3. The number of esters is 3. The van der Waals surface area contributed by atoms with Crippen LogP contribution in [0.5, 0.6) is 0 Å². The SMILES string of the molecule is CCCCC/C=C\CCCCCCCC(=O)OCC(COC(=O)CCCCCCCCCCC/C=C\CCCCCCCC)OC(=O)CCCCCCC/C=C\CCCCCCCC. The maximum atomic E-state index is 12.8. The summed E-state index contributed by atoms with van der Waals surface area (Å²) in [7, 11) is 0. The van der Waals surface area contributed by atoms with E-state index in [4.69, 9.17) is 14.2 Å². The molecule has 0 aliphatic carbocycles. The monoisotopic (exact) mass is 899 g/mol. The molecule has 1 unspecified atom stereocenters. The molecule has 0 radical (unpaired) electrons. The summed E-state index contributed by atoms with van der Waals surface area (Å²) in [6, 6.07) is 0. The van der Waals surface area contributed by atoms with Gasteiger partial charge in [-0.2, -0.15) is 0 Å². The fourth-order valence-corrected chi connectivity index (χ4v) is 8.07. The number of hydrogen-bond donors (Lipinski definition) is 0. The number of allylic oxidation sites excluding steroid dienone is 6. The zero-order valence-electron chi connectivity index (χ0n) is 42.8. The van der Waals surface area contributed by atoms with Gasteiger partial charge in [0.05, 0.1) is 0 Å². The first kappa shape index (κ1) is 61.6. The smallest absolute Gasteiger partial charge is 0.306 e. The van der Waals surface area contributed by atoms with Crippen LogP contribution in [0.15, 0.2) is 36.5 Å². The molecule has 0 aliphatic rings. The van der Waals surface area contributed by atoms with Crippen molar-refractivity contribution in [1.29, 1.82) is 0 Å². The Kier molecular flexibility index (Phi) is 51.3. The molecule has 0 amide bonds. The average molecular weight is 899 g/mol. The van der Waals surface area contributed by atoms with E-state index in [-0.39, 0.29) is 31.1 Å². The van der Waals surface area contributed by atoms with E-state index in [0.29, 0.717) is 19.3 Å². The molecule has 0 aromatic carbocycles. The predicted octanol–water partition coefficient (Wildman–Crippen LogP) is 18.5. The molecular formula is C58H106O6. The van der Waals surface area contributed by atoms with E-state index < -0.39 is 6.10 Å². The molecule has 0 aromatic rings. The van der Waals surface area contributed by atoms with Crippen molar-refractivity contribution in [3.8, 4) is 0 Å². The van der Waals surface area contributed by atoms with E-state index in [0.717, 1.165) is 70.6 Å². The van der Waals surface area contributed by atoms with Gasteiger partial charge in [0.25, 0.3) is 0 Å². The Morgan fingerprint density at radius 1 is 0.297 bits per heavy atom. The minimum absolute atomic E-state index is 0.0772. The molecule has 0 saturated carbocycles. The second kappa shape index (κ2) is 53.2. The largest absolute Gasteiger partial charge is 0.462 e. The third-order valence-electron chi connectivity index (χ3n) is 12.3. The number of rotatable bonds is 51. The molecule has 0 heterocycles. The van der Waals surface area contributed by atoms with Gasteiger partial charge >= 0.3 is 17.9 Å². The molecule has 0 aromatic heterocycles. The first-order valence-electron chi connectivity index (χ1n) is 28.0. The summed E-state index contributed by atoms with van der Waals surface area (Å²) < 4.78 is 16.8. The second-order valence-electron chi connectivity index (χ2n) is 18.8. The lowest BCUT2D eigenvalue weighted by Crippen LogP contribution is -2.30. The van der Waals surface area contributed by atoms with Gasteiger partial charge in [-0.3, -0.25) is 14.4 Å². The fraction of sp³-hybridized carbons (Fsp3) is 0.845. The van der Waals surface area contributed by atoms with Crippen molar-refractivity contribution in [2.75, 3.05) is 13.2 Å². The third-order valence-corrected chi connectivity index (χ3v) is 12.3. The fourth-order valence-electron chi connectivity index (χ4n) is 8.07. The lowest BCUT2D eigenvalue weighted by atomic mass is 10.1. The molecule has 0 saturated heterocycles. The lowest BCUT2D eigenvalue weighted by Gasteiger charge is -2.18. The summed E-state index contributed by atoms with van der Waals surface area (Å²) in [6.45, 7) is 6.62. The zero-order valence-corrected chi connectivity index (χ0v) is 42.8. The Hall–Kier alpha value is -2.37. The highest BCUT2D eigenvalue weighted by atomic mass is 16.6. The van der Waals surface area contributed by atoms with Gasteiger partial charge < -0.3 is 14.2 Å². The van der Waals surface area contributed by atoms with E-state index in [2.05, 4.69) is 57.2 Å². The first-order valence-corrected chi connectivity index (χ1v) is 28.0. The van der Waals surface area contributed by atoms with Crippen LogP contribution in [0.4, 0.5) is 0 Å². The first-order chi connectivity index (χ1) is 31.5. The second-order valence-corrected chi connectivity index (χ2v) is 18.8. The summed E-state index contributed by atoms with van der Waals surface area (Å²) in [4.78, 5) is 38.0. The Bertz CT molecular complexity index is 1080. The van der Waals surface area contributed by atoms with Crippen molar-refractivity contribution in [1.82, 2.24) is 0 Å². The topological polar surface area (TPSA) is 78.9 Å². The Morgan fingerprint density at radius 3 is 0.812 bits per heavy atom. The summed E-state index contributed by atoms with van der Waals surface area (Å²) in [5, 5.41) is 0. The molecule has 0 spiro atoms. The molecule has 1 atom stereocenters. The zero-order chi connectivity index (χ0) is 46.5. The normalized spacial score (nSPS) is 12.2. The van der Waals surface area contributed by atoms with Gasteiger partial charge in [-0.15, -0.1) is 0 Å². The highest BCUT2D eigenvalue weighted by molar-refractivity contribution is 5.71. The molecule has 0 N–H and O–H groups in total. The van der Waals surface area contributed by atoms with E-state index >= 15 is 0 Å². The molecule has 0 fully saturated rings. The average Bonchev–Trinajstić information content (AvgIpc) is 3.29. The van der Waals surface area contributed by atoms with Crippen molar-refractivity contribution >= 4 is 17.9 Å². The van der Waals surface area contributed by atoms with Gasteiger partial charge in [-0.1, -0.05) is 218 Å². The quantitative estimate of drug-likeness (QED) is 0.0262. The summed E-state index contributed by atoms with van der Waals surface area (Å²) in [6.07, 6.45) is 62.7. The van der Waals surface area contributed by atoms with Crippen LogP contribution < -0.4 is 0 Å². The minimum atomic E-state index is -0.778. The molecule has 0 rings (SSSR count). The third kappa shape index (κ3) is 50.6. The standard InChI is InChI=1S/C58H106O6/c1-4-7-10-13-16-19-22-25-27-28-29-30-32-33-36-39-42-45-48-51-57(60)63-54-55(53-62-56(59)50-47-44-41-38-35-24-21-18-15-12-9-6-3)64-58(61)52-49-46-43-40-37-34-31-26-23-20-17-14-11-8-5-2/h18,21,25-27,31,55H,4-17,19-20,22-24,28-30,32-54H2,1-3H3/b21-18-,27-25-,31-26-. The molecule has 64 heavy (non-hydrogen) atoms. The number of hydrogen-bond acceptors (Lipinski definition) is 6. The maximum Gasteiger partial charge on any atom is 0.306 e. The summed E-state index contributed by atoms with van der Waals surface area (Å²) in [5.41, 5.74) is 0. The Labute approximate surface area is 397 Å². The summed E-state index contributed by atoms with van der Waals surface area (Å²) >= 11 is 0. The Morgan fingerprint density at radius 2 is 0.516 bits per heavy atom. The van der Waals surface area contributed by atoms with Crippen LogP contribution in [-0.2, 0) is 28.6 Å². The van der Waals surface area contributed by atoms with Crippen LogP contribution in [0.3, 0.4) is 0 Å². The predicted molar refractivity (Wildman–Crippen MR) is 275 cm³/mol. The van der Waals surface area contributed by atoms with E-state index in [1.165, 1.54) is 186 Å². The summed E-state index contributed by atoms with van der Waals surface area (Å²) in [5.74, 6) is -0.885. The minimum Gasteiger partial charge on any atom is -0.462 e. The van der Waals surface area contributed by atoms with Gasteiger partial charge in [-0.25, -0.2) is 0 Å². The van der Waals surface area contributed by atoms with Crippen molar-refractivity contribution in [2.45, 2.75) is 303 Å². The number of ether oxygens (including phenoxy) is 3. The van der Waals surface area contributed by atoms with E-state index in [9.17, 15) is 14.4 Å². The van der Waals surface area contributed by atoms with Crippen LogP contribution in [-0.4, -0.2) is 37.2 Å². The van der Waals surface area contributed by atoms with E-state index in [1.54, 1.807) is 0 Å². The van der Waals surface area contributed by atoms with Crippen LogP contribution in [0.2, 0.25) is 0 Å². The van der Waals surface area contributed by atoms with E-state index in [1.807, 2.05) is 0 Å². The van der Waals surface area contributed by atoms with Crippen LogP contribution >= 0.6 is 0 Å². The van der Waals surface area contributed by atoms with Crippen molar-refractivity contribution < 1.29 is 28.6 Å². The molecule has 6 heteroatoms. The highest BCUT2D eigenvalue weighted by Crippen LogP contribution is 2.15. The van der Waals surface area contributed by atoms with Gasteiger partial charge in [0, 0.05) is 19.3 Å². The van der Waals surface area contributed by atoms with Gasteiger partial charge in [-0.05, 0) is 96.3 Å². The number of unbranched alkanes of at least 4 members (excludes halogenated alkanes) is 34. The Balaban J connectivity index is 4.33. The van der Waals surface area contributed by atoms with Crippen LogP contribution in [0, 0.1) is 0 Å². The molecule has 374 valence electrons. The molecule has 0 bridgehead atoms. The van der Waals surface area contributed by atoms with Gasteiger partial charge in [0.1, 0.15) is 13.2 Å². The van der Waals surface area contributed by atoms with Gasteiger partial charge in [0.15, 0.2) is 6.10 Å². The highest BCUT2D eigenvalue weighted by Gasteiger charge is 2.19. The molecule has 0 aliphatic heterocycles. The molecule has 6 nitrogen and oxygen atoms in total. The van der Waals surface area contributed by atoms with Gasteiger partial charge in [0.2, 0.25) is 0 Å². The van der Waals surface area contributed by atoms with Crippen LogP contribution in [0.25, 0.3) is 0 Å². The number of carbonyl (C=O) groups excluding carboxylic acids is 3. The van der Waals surface area contributed by atoms with Crippen molar-refractivity contribution in [2.24, 2.45) is 0 Å². The van der Waals surface area contributed by atoms with Crippen LogP contribution in [0.1, 0.15) is 297 Å². The maximum absolute atomic E-state index is 12.8. The van der Waals surface area contributed by atoms with Crippen molar-refractivity contribution in [3.05, 3.63) is 36.5 Å². The molecular weight excluding hydrogens is 793 g/mol. The van der Waals surface area contributed by atoms with Crippen molar-refractivity contribution in [3.63, 3.8) is 0 Å². The lowest BCUT2D eigenvalue weighted by molar-refractivity contribution is -0.167.